The number of benzene rings is 1. The largest absolute Gasteiger partial charge is 0.459 e. The van der Waals surface area contributed by atoms with Crippen LogP contribution in [-0.4, -0.2) is 30.1 Å². The molecule has 0 saturated heterocycles. The van der Waals surface area contributed by atoms with Crippen LogP contribution in [0.4, 0.5) is 0 Å². The molecule has 0 heterocycles. The molecule has 0 saturated carbocycles. The van der Waals surface area contributed by atoms with Crippen LogP contribution in [0.1, 0.15) is 38.1 Å². The number of hydrogen-bond donors (Lipinski definition) is 0. The van der Waals surface area contributed by atoms with Crippen molar-refractivity contribution in [1.82, 2.24) is 4.83 Å². The van der Waals surface area contributed by atoms with Gasteiger partial charge in [-0.05, 0) is 51.6 Å². The first-order valence-corrected chi connectivity index (χ1v) is 9.20. The average molecular weight is 331 g/mol. The summed E-state index contributed by atoms with van der Waals surface area (Å²) in [5, 5.41) is 0. The van der Waals surface area contributed by atoms with Gasteiger partial charge in [-0.3, -0.25) is 4.84 Å². The number of rotatable bonds is 7. The molecule has 0 radical (unpaired) electrons. The first kappa shape index (κ1) is 18.1. The maximum atomic E-state index is 12.1. The van der Waals surface area contributed by atoms with Gasteiger partial charge in [0.1, 0.15) is 11.3 Å². The number of carbonyl (C=O) groups excluding carboxylic acids is 1. The monoisotopic (exact) mass is 331 g/mol. The standard InChI is InChI=1S/C14H22NO4PS/c1-10(2)15(17-5)20(21)19-13-9-7-6-8-12(13)14(16)18-11(3)4/h6-11,20H,1-5H3. The minimum atomic E-state index is -1.83. The number of hydrogen-bond acceptors (Lipinski definition) is 5. The fourth-order valence-electron chi connectivity index (χ4n) is 1.64. The molecule has 1 atom stereocenters. The van der Waals surface area contributed by atoms with Crippen LogP contribution in [0.2, 0.25) is 0 Å². The van der Waals surface area contributed by atoms with E-state index in [1.807, 2.05) is 13.8 Å². The van der Waals surface area contributed by atoms with E-state index in [1.165, 1.54) is 0 Å². The summed E-state index contributed by atoms with van der Waals surface area (Å²) in [6, 6.07) is 7.02. The number of hydroxylamine groups is 1. The summed E-state index contributed by atoms with van der Waals surface area (Å²) < 4.78 is 11.0. The molecule has 1 rings (SSSR count). The minimum Gasteiger partial charge on any atom is -0.459 e. The van der Waals surface area contributed by atoms with Crippen molar-refractivity contribution in [3.8, 4) is 5.75 Å². The highest BCUT2D eigenvalue weighted by molar-refractivity contribution is 8.01. The second-order valence-corrected chi connectivity index (χ2v) is 7.14. The van der Waals surface area contributed by atoms with E-state index < -0.39 is 13.0 Å². The molecule has 0 spiro atoms. The van der Waals surface area contributed by atoms with Gasteiger partial charge < -0.3 is 9.26 Å². The lowest BCUT2D eigenvalue weighted by Gasteiger charge is -2.25. The molecule has 0 amide bonds. The lowest BCUT2D eigenvalue weighted by atomic mass is 10.2. The van der Waals surface area contributed by atoms with E-state index in [-0.39, 0.29) is 12.1 Å². The number of nitrogens with zero attached hydrogens (tertiary/aromatic N) is 1. The highest BCUT2D eigenvalue weighted by Gasteiger charge is 2.19. The molecular formula is C14H22NO4PS. The lowest BCUT2D eigenvalue weighted by molar-refractivity contribution is -0.0705. The van der Waals surface area contributed by atoms with Gasteiger partial charge in [0.2, 0.25) is 0 Å². The molecule has 0 aromatic heterocycles. The predicted molar refractivity (Wildman–Crippen MR) is 87.3 cm³/mol. The van der Waals surface area contributed by atoms with Crippen LogP contribution in [0, 0.1) is 0 Å². The van der Waals surface area contributed by atoms with Crippen LogP contribution in [0.5, 0.6) is 5.75 Å². The maximum Gasteiger partial charge on any atom is 0.342 e. The highest BCUT2D eigenvalue weighted by Crippen LogP contribution is 2.35. The fraction of sp³-hybridized carbons (Fsp3) is 0.500. The van der Waals surface area contributed by atoms with Crippen molar-refractivity contribution in [2.75, 3.05) is 7.11 Å². The summed E-state index contributed by atoms with van der Waals surface area (Å²) in [7, 11) is -0.272. The molecule has 7 heteroatoms. The van der Waals surface area contributed by atoms with Crippen molar-refractivity contribution in [3.63, 3.8) is 0 Å². The van der Waals surface area contributed by atoms with E-state index in [2.05, 4.69) is 0 Å². The Bertz CT molecular complexity index is 508. The Morgan fingerprint density at radius 3 is 2.38 bits per heavy atom. The van der Waals surface area contributed by atoms with Gasteiger partial charge in [0.15, 0.2) is 7.07 Å². The molecule has 0 bridgehead atoms. The molecule has 0 aliphatic carbocycles. The van der Waals surface area contributed by atoms with Crippen molar-refractivity contribution in [3.05, 3.63) is 29.8 Å². The highest BCUT2D eigenvalue weighted by atomic mass is 32.4. The second-order valence-electron chi connectivity index (χ2n) is 4.92. The van der Waals surface area contributed by atoms with E-state index in [9.17, 15) is 4.79 Å². The molecule has 118 valence electrons. The van der Waals surface area contributed by atoms with E-state index in [4.69, 9.17) is 25.9 Å². The van der Waals surface area contributed by atoms with Crippen molar-refractivity contribution >= 4 is 24.9 Å². The Hall–Kier alpha value is -0.940. The van der Waals surface area contributed by atoms with E-state index in [0.717, 1.165) is 0 Å². The SMILES string of the molecule is CON(C(C)C)[PH](=S)Oc1ccccc1C(=O)OC(C)C. The Balaban J connectivity index is 2.94. The fourth-order valence-corrected chi connectivity index (χ4v) is 3.79. The van der Waals surface area contributed by atoms with Gasteiger partial charge in [-0.25, -0.2) is 4.79 Å². The molecule has 0 aliphatic rings. The van der Waals surface area contributed by atoms with Gasteiger partial charge in [-0.15, -0.1) is 4.83 Å². The molecule has 0 N–H and O–H groups in total. The van der Waals surface area contributed by atoms with Gasteiger partial charge in [0, 0.05) is 6.04 Å². The quantitative estimate of drug-likeness (QED) is 0.433. The summed E-state index contributed by atoms with van der Waals surface area (Å²) in [6.45, 7) is 7.52. The Morgan fingerprint density at radius 2 is 1.86 bits per heavy atom. The third kappa shape index (κ3) is 5.40. The molecule has 1 aromatic rings. The molecule has 1 unspecified atom stereocenters. The predicted octanol–water partition coefficient (Wildman–Crippen LogP) is 3.41. The summed E-state index contributed by atoms with van der Waals surface area (Å²) in [5.74, 6) is 0.00801. The maximum absolute atomic E-state index is 12.1. The Labute approximate surface area is 131 Å². The van der Waals surface area contributed by atoms with Crippen LogP contribution in [0.25, 0.3) is 0 Å². The first-order chi connectivity index (χ1) is 9.86. The molecule has 21 heavy (non-hydrogen) atoms. The van der Waals surface area contributed by atoms with E-state index >= 15 is 0 Å². The number of para-hydroxylation sites is 1. The van der Waals surface area contributed by atoms with Crippen LogP contribution in [-0.2, 0) is 21.4 Å². The van der Waals surface area contributed by atoms with Gasteiger partial charge in [0.25, 0.3) is 0 Å². The van der Waals surface area contributed by atoms with Crippen molar-refractivity contribution in [1.29, 1.82) is 0 Å². The van der Waals surface area contributed by atoms with Gasteiger partial charge in [-0.1, -0.05) is 12.1 Å². The minimum absolute atomic E-state index is 0.0937. The number of esters is 1. The number of ether oxygens (including phenoxy) is 1. The summed E-state index contributed by atoms with van der Waals surface area (Å²) in [5.41, 5.74) is 0.373. The molecule has 0 aliphatic heterocycles. The lowest BCUT2D eigenvalue weighted by Crippen LogP contribution is -2.23. The zero-order valence-electron chi connectivity index (χ0n) is 13.0. The van der Waals surface area contributed by atoms with Crippen molar-refractivity contribution in [2.24, 2.45) is 0 Å². The van der Waals surface area contributed by atoms with Crippen LogP contribution < -0.4 is 4.52 Å². The third-order valence-electron chi connectivity index (χ3n) is 2.49. The van der Waals surface area contributed by atoms with Gasteiger partial charge in [0.05, 0.1) is 13.2 Å². The summed E-state index contributed by atoms with van der Waals surface area (Å²) in [6.07, 6.45) is -0.190. The van der Waals surface area contributed by atoms with E-state index in [1.54, 1.807) is 50.1 Å². The molecule has 0 fully saturated rings. The average Bonchev–Trinajstić information content (AvgIpc) is 2.38. The van der Waals surface area contributed by atoms with Crippen LogP contribution in [0.15, 0.2) is 24.3 Å². The summed E-state index contributed by atoms with van der Waals surface area (Å²) in [4.78, 5) is 18.9. The van der Waals surface area contributed by atoms with E-state index in [0.29, 0.717) is 11.3 Å². The van der Waals surface area contributed by atoms with Gasteiger partial charge >= 0.3 is 5.97 Å². The normalized spacial score (nSPS) is 12.8. The molecule has 1 aromatic carbocycles. The molecule has 5 nitrogen and oxygen atoms in total. The Morgan fingerprint density at radius 1 is 1.24 bits per heavy atom. The van der Waals surface area contributed by atoms with Gasteiger partial charge in [-0.2, -0.15) is 0 Å². The topological polar surface area (TPSA) is 48.0 Å². The second kappa shape index (κ2) is 8.49. The first-order valence-electron chi connectivity index (χ1n) is 6.72. The smallest absolute Gasteiger partial charge is 0.342 e. The Kier molecular flexibility index (Phi) is 7.32. The van der Waals surface area contributed by atoms with Crippen LogP contribution >= 0.6 is 7.07 Å². The third-order valence-corrected chi connectivity index (χ3v) is 4.74. The zero-order valence-corrected chi connectivity index (χ0v) is 14.8. The van der Waals surface area contributed by atoms with Crippen molar-refractivity contribution in [2.45, 2.75) is 39.8 Å². The number of carbonyl (C=O) groups is 1. The van der Waals surface area contributed by atoms with Crippen LogP contribution in [0.3, 0.4) is 0 Å². The summed E-state index contributed by atoms with van der Waals surface area (Å²) >= 11 is 5.38. The van der Waals surface area contributed by atoms with Crippen molar-refractivity contribution < 1.29 is 18.9 Å². The molecular weight excluding hydrogens is 309 g/mol. The zero-order chi connectivity index (χ0) is 16.0.